The van der Waals surface area contributed by atoms with E-state index < -0.39 is 0 Å². The van der Waals surface area contributed by atoms with Gasteiger partial charge in [0.2, 0.25) is 0 Å². The third-order valence-corrected chi connectivity index (χ3v) is 4.56. The van der Waals surface area contributed by atoms with E-state index in [4.69, 9.17) is 18.9 Å². The van der Waals surface area contributed by atoms with Crippen molar-refractivity contribution in [2.75, 3.05) is 32.8 Å². The van der Waals surface area contributed by atoms with Crippen LogP contribution in [0, 0.1) is 0 Å². The van der Waals surface area contributed by atoms with Crippen LogP contribution in [0.3, 0.4) is 0 Å². The second-order valence-corrected chi connectivity index (χ2v) is 6.80. The molecule has 7 heteroatoms. The molecule has 0 aliphatic carbocycles. The van der Waals surface area contributed by atoms with Gasteiger partial charge in [-0.2, -0.15) is 0 Å². The summed E-state index contributed by atoms with van der Waals surface area (Å²) in [6.45, 7) is 5.05. The van der Waals surface area contributed by atoms with Gasteiger partial charge in [-0.1, -0.05) is 13.3 Å². The zero-order valence-electron chi connectivity index (χ0n) is 16.6. The summed E-state index contributed by atoms with van der Waals surface area (Å²) in [5.41, 5.74) is 0.971. The first kappa shape index (κ1) is 21.9. The number of halogens is 1. The molecule has 0 atom stereocenters. The van der Waals surface area contributed by atoms with E-state index in [1.807, 2.05) is 6.92 Å². The second-order valence-electron chi connectivity index (χ2n) is 5.94. The van der Waals surface area contributed by atoms with Crippen LogP contribution in [0.1, 0.15) is 37.0 Å². The minimum atomic E-state index is -0.296. The fourth-order valence-corrected chi connectivity index (χ4v) is 3.07. The predicted octanol–water partition coefficient (Wildman–Crippen LogP) is 5.30. The maximum Gasteiger partial charge on any atom is 0.255 e. The molecule has 0 unspecified atom stereocenters. The molecule has 28 heavy (non-hydrogen) atoms. The lowest BCUT2D eigenvalue weighted by atomic mass is 10.1. The Morgan fingerprint density at radius 2 is 1.82 bits per heavy atom. The number of hydrogen-bond donors (Lipinski definition) is 1. The molecule has 0 spiro atoms. The Kier molecular flexibility index (Phi) is 8.44. The van der Waals surface area contributed by atoms with Crippen molar-refractivity contribution in [2.45, 2.75) is 26.7 Å². The molecule has 2 aromatic rings. The molecule has 0 saturated heterocycles. The van der Waals surface area contributed by atoms with Gasteiger partial charge in [-0.3, -0.25) is 4.79 Å². The third kappa shape index (κ3) is 5.55. The van der Waals surface area contributed by atoms with E-state index in [-0.39, 0.29) is 5.91 Å². The summed E-state index contributed by atoms with van der Waals surface area (Å²) in [5, 5.41) is 2.90. The number of hydrogen-bond acceptors (Lipinski definition) is 5. The van der Waals surface area contributed by atoms with Crippen molar-refractivity contribution in [1.82, 2.24) is 0 Å². The Morgan fingerprint density at radius 1 is 1.04 bits per heavy atom. The van der Waals surface area contributed by atoms with Crippen LogP contribution >= 0.6 is 15.9 Å². The van der Waals surface area contributed by atoms with Gasteiger partial charge < -0.3 is 24.3 Å². The standard InChI is InChI=1S/C21H26BrNO5/c1-5-7-10-28-18-9-8-15(25-3)13-17(18)23-21(24)14-11-16(22)20(27-6-2)19(12-14)26-4/h8-9,11-13H,5-7,10H2,1-4H3,(H,23,24). The number of nitrogens with one attached hydrogen (secondary N) is 1. The van der Waals surface area contributed by atoms with E-state index in [2.05, 4.69) is 28.2 Å². The van der Waals surface area contributed by atoms with E-state index in [1.54, 1.807) is 37.4 Å². The van der Waals surface area contributed by atoms with Crippen LogP contribution in [0.2, 0.25) is 0 Å². The largest absolute Gasteiger partial charge is 0.497 e. The molecule has 2 rings (SSSR count). The quantitative estimate of drug-likeness (QED) is 0.496. The Balaban J connectivity index is 2.29. The first-order valence-corrected chi connectivity index (χ1v) is 9.95. The molecule has 0 fully saturated rings. The molecule has 0 radical (unpaired) electrons. The summed E-state index contributed by atoms with van der Waals surface area (Å²) in [6, 6.07) is 8.66. The molecule has 1 N–H and O–H groups in total. The molecule has 0 aliphatic heterocycles. The number of carbonyl (C=O) groups excluding carboxylic acids is 1. The van der Waals surface area contributed by atoms with Crippen LogP contribution in [-0.4, -0.2) is 33.3 Å². The van der Waals surface area contributed by atoms with Crippen LogP contribution in [0.15, 0.2) is 34.8 Å². The summed E-state index contributed by atoms with van der Waals surface area (Å²) in [5.74, 6) is 1.97. The van der Waals surface area contributed by atoms with Crippen molar-refractivity contribution < 1.29 is 23.7 Å². The van der Waals surface area contributed by atoms with Crippen LogP contribution in [0.4, 0.5) is 5.69 Å². The lowest BCUT2D eigenvalue weighted by Gasteiger charge is -2.15. The van der Waals surface area contributed by atoms with Crippen molar-refractivity contribution >= 4 is 27.5 Å². The molecule has 0 bridgehead atoms. The average Bonchev–Trinajstić information content (AvgIpc) is 2.70. The van der Waals surface area contributed by atoms with E-state index in [0.29, 0.717) is 51.9 Å². The molecule has 6 nitrogen and oxygen atoms in total. The highest BCUT2D eigenvalue weighted by Gasteiger charge is 2.17. The summed E-state index contributed by atoms with van der Waals surface area (Å²) in [4.78, 5) is 12.9. The van der Waals surface area contributed by atoms with E-state index in [0.717, 1.165) is 12.8 Å². The monoisotopic (exact) mass is 451 g/mol. The fourth-order valence-electron chi connectivity index (χ4n) is 2.52. The van der Waals surface area contributed by atoms with Crippen molar-refractivity contribution in [3.8, 4) is 23.0 Å². The van der Waals surface area contributed by atoms with Gasteiger partial charge in [0, 0.05) is 11.6 Å². The molecule has 1 amide bonds. The normalized spacial score (nSPS) is 10.3. The molecule has 0 aliphatic rings. The van der Waals surface area contributed by atoms with Crippen molar-refractivity contribution in [3.63, 3.8) is 0 Å². The highest BCUT2D eigenvalue weighted by molar-refractivity contribution is 9.10. The summed E-state index contributed by atoms with van der Waals surface area (Å²) in [7, 11) is 3.11. The molecule has 0 saturated carbocycles. The zero-order chi connectivity index (χ0) is 20.5. The summed E-state index contributed by atoms with van der Waals surface area (Å²) in [6.07, 6.45) is 1.96. The van der Waals surface area contributed by atoms with Gasteiger partial charge in [-0.05, 0) is 53.5 Å². The Morgan fingerprint density at radius 3 is 2.46 bits per heavy atom. The zero-order valence-corrected chi connectivity index (χ0v) is 18.2. The maximum absolute atomic E-state index is 12.9. The predicted molar refractivity (Wildman–Crippen MR) is 113 cm³/mol. The first-order valence-electron chi connectivity index (χ1n) is 9.16. The SMILES string of the molecule is CCCCOc1ccc(OC)cc1NC(=O)c1cc(Br)c(OCC)c(OC)c1. The molecular formula is C21H26BrNO5. The molecule has 0 heterocycles. The lowest BCUT2D eigenvalue weighted by Crippen LogP contribution is -2.14. The first-order chi connectivity index (χ1) is 13.5. The van der Waals surface area contributed by atoms with Gasteiger partial charge in [0.15, 0.2) is 11.5 Å². The molecule has 0 aromatic heterocycles. The number of carbonyl (C=O) groups is 1. The van der Waals surface area contributed by atoms with E-state index in [9.17, 15) is 4.79 Å². The number of benzene rings is 2. The Hall–Kier alpha value is -2.41. The smallest absolute Gasteiger partial charge is 0.255 e. The molecule has 2 aromatic carbocycles. The minimum Gasteiger partial charge on any atom is -0.497 e. The number of ether oxygens (including phenoxy) is 4. The van der Waals surface area contributed by atoms with E-state index in [1.165, 1.54) is 7.11 Å². The topological polar surface area (TPSA) is 66.0 Å². The van der Waals surface area contributed by atoms with Gasteiger partial charge in [-0.25, -0.2) is 0 Å². The lowest BCUT2D eigenvalue weighted by molar-refractivity contribution is 0.102. The maximum atomic E-state index is 12.9. The van der Waals surface area contributed by atoms with Gasteiger partial charge in [-0.15, -0.1) is 0 Å². The number of unbranched alkanes of at least 4 members (excludes halogenated alkanes) is 1. The van der Waals surface area contributed by atoms with Crippen LogP contribution < -0.4 is 24.3 Å². The van der Waals surface area contributed by atoms with Crippen LogP contribution in [0.25, 0.3) is 0 Å². The highest BCUT2D eigenvalue weighted by Crippen LogP contribution is 2.37. The Bertz CT molecular complexity index is 810. The minimum absolute atomic E-state index is 0.296. The average molecular weight is 452 g/mol. The Labute approximate surface area is 174 Å². The number of methoxy groups -OCH3 is 2. The van der Waals surface area contributed by atoms with Crippen molar-refractivity contribution in [1.29, 1.82) is 0 Å². The van der Waals surface area contributed by atoms with Crippen molar-refractivity contribution in [3.05, 3.63) is 40.4 Å². The van der Waals surface area contributed by atoms with Gasteiger partial charge in [0.1, 0.15) is 11.5 Å². The summed E-state index contributed by atoms with van der Waals surface area (Å²) >= 11 is 3.44. The van der Waals surface area contributed by atoms with Crippen molar-refractivity contribution in [2.24, 2.45) is 0 Å². The molecular weight excluding hydrogens is 426 g/mol. The number of rotatable bonds is 10. The summed E-state index contributed by atoms with van der Waals surface area (Å²) < 4.78 is 22.7. The van der Waals surface area contributed by atoms with Gasteiger partial charge >= 0.3 is 0 Å². The van der Waals surface area contributed by atoms with Crippen LogP contribution in [0.5, 0.6) is 23.0 Å². The van der Waals surface area contributed by atoms with Crippen LogP contribution in [-0.2, 0) is 0 Å². The van der Waals surface area contributed by atoms with Gasteiger partial charge in [0.25, 0.3) is 5.91 Å². The second kappa shape index (κ2) is 10.8. The number of amides is 1. The highest BCUT2D eigenvalue weighted by atomic mass is 79.9. The number of anilines is 1. The van der Waals surface area contributed by atoms with Gasteiger partial charge in [0.05, 0.1) is 37.6 Å². The van der Waals surface area contributed by atoms with E-state index >= 15 is 0 Å². The fraction of sp³-hybridized carbons (Fsp3) is 0.381. The third-order valence-electron chi connectivity index (χ3n) is 3.97. The molecule has 152 valence electrons.